The SMILES string of the molecule is C.C=C[C@H](NC(=O)OC(C)(C)C)[C@@H](CO)O[Si](C)(C)C(C)(C)C.C=C[C@H](NC(=O)OC(C)(C)C)[C@@H](CO[Si](C)(C)C(C)(C)C)O[Si](C)(C)C(C)(C)C.C=C[C@H](N[S@@](=O)C(C)(C)C)[C@@H](CO[Si](C)(C)C(C)(C)C)O[Si](C)(C)C(C)(C)C.Cl. The smallest absolute Gasteiger partial charge is 0.408 e. The van der Waals surface area contributed by atoms with Crippen molar-refractivity contribution in [3.63, 3.8) is 0 Å². The summed E-state index contributed by atoms with van der Waals surface area (Å²) in [6, 6.07) is -1.14. The third kappa shape index (κ3) is 33.1. The molecule has 486 valence electrons. The lowest BCUT2D eigenvalue weighted by molar-refractivity contribution is 0.0398. The highest BCUT2D eigenvalue weighted by Crippen LogP contribution is 2.42. The molecule has 0 fully saturated rings. The molecule has 0 aliphatic heterocycles. The Bertz CT molecular complexity index is 1920. The van der Waals surface area contributed by atoms with Crippen LogP contribution in [0, 0.1) is 0 Å². The van der Waals surface area contributed by atoms with E-state index in [0.717, 1.165) is 0 Å². The van der Waals surface area contributed by atoms with Gasteiger partial charge >= 0.3 is 12.2 Å². The number of nitrogens with one attached hydrogen (secondary N) is 3. The number of halogens is 1. The maximum absolute atomic E-state index is 12.7. The molecule has 21 heteroatoms. The number of amides is 2. The Labute approximate surface area is 514 Å². The first-order valence-corrected chi connectivity index (χ1v) is 44.2. The standard InChI is InChI=1S/C22H47NO4Si2.C21H47NO3SSi2.C16H33NO4Si.CH4.ClH/c1-15-17(23-19(24)26-20(2,3)4)18(27-29(13,14)22(8,9)10)16-25-28(11,12)21(5,6)7;1-15-17(22-26(23)19(2,3)4)18(25-28(13,14)21(8,9)10)16-24-27(11,12)20(5,6)7;1-10-12(17-14(19)20-15(2,3)4)13(11-18)21-22(8,9)16(5,6)7;;/h15,17-18H,1,16H2,2-14H3,(H,23,24);15,17-18,22H,1,16H2,2-14H3;10,12-13,18H,1,11H2,2-9H3,(H,17,19);1H4;1H/t17-,18+;17-,18+,26-;12-,13+;;/m000../s1. The lowest BCUT2D eigenvalue weighted by Gasteiger charge is -2.43. The van der Waals surface area contributed by atoms with Crippen LogP contribution in [0.1, 0.15) is 174 Å². The Morgan fingerprint density at radius 2 is 0.691 bits per heavy atom. The van der Waals surface area contributed by atoms with Crippen LogP contribution >= 0.6 is 12.4 Å². The van der Waals surface area contributed by atoms with Crippen LogP contribution in [0.15, 0.2) is 38.0 Å². The summed E-state index contributed by atoms with van der Waals surface area (Å²) in [5.74, 6) is 0. The lowest BCUT2D eigenvalue weighted by atomic mass is 10.1. The molecular weight excluding hydrogens is 1150 g/mol. The Morgan fingerprint density at radius 3 is 0.901 bits per heavy atom. The van der Waals surface area contributed by atoms with Crippen LogP contribution in [0.2, 0.25) is 90.7 Å². The van der Waals surface area contributed by atoms with Crippen LogP contribution in [0.5, 0.6) is 0 Å². The fourth-order valence-electron chi connectivity index (χ4n) is 5.40. The van der Waals surface area contributed by atoms with Crippen molar-refractivity contribution >= 4 is 77.2 Å². The van der Waals surface area contributed by atoms with E-state index in [1.54, 1.807) is 32.9 Å². The second kappa shape index (κ2) is 33.4. The van der Waals surface area contributed by atoms with E-state index in [1.165, 1.54) is 0 Å². The molecule has 0 spiro atoms. The Hall–Kier alpha value is -0.996. The molecule has 0 heterocycles. The molecule has 81 heavy (non-hydrogen) atoms. The highest BCUT2D eigenvalue weighted by atomic mass is 35.5. The van der Waals surface area contributed by atoms with Crippen molar-refractivity contribution in [1.82, 2.24) is 15.4 Å². The van der Waals surface area contributed by atoms with Gasteiger partial charge in [0, 0.05) is 0 Å². The number of aliphatic hydroxyl groups excluding tert-OH is 1. The predicted octanol–water partition coefficient (Wildman–Crippen LogP) is 17.0. The van der Waals surface area contributed by atoms with E-state index in [9.17, 15) is 18.9 Å². The van der Waals surface area contributed by atoms with Crippen LogP contribution in [0.3, 0.4) is 0 Å². The number of aliphatic hydroxyl groups is 1. The topological polar surface area (TPSA) is 172 Å². The van der Waals surface area contributed by atoms with Gasteiger partial charge in [0.15, 0.2) is 41.6 Å². The molecule has 4 N–H and O–H groups in total. The fraction of sp³-hybridized carbons (Fsp3) is 0.867. The molecular formula is C60H132ClN3O11SSi5. The number of hydrogen-bond acceptors (Lipinski definition) is 11. The Morgan fingerprint density at radius 1 is 0.457 bits per heavy atom. The van der Waals surface area contributed by atoms with E-state index in [1.807, 2.05) is 47.6 Å². The number of carbonyl (C=O) groups is 2. The predicted molar refractivity (Wildman–Crippen MR) is 365 cm³/mol. The third-order valence-electron chi connectivity index (χ3n) is 15.9. The largest absolute Gasteiger partial charge is 0.444 e. The van der Waals surface area contributed by atoms with E-state index >= 15 is 0 Å². The van der Waals surface area contributed by atoms with Gasteiger partial charge in [-0.3, -0.25) is 0 Å². The summed E-state index contributed by atoms with van der Waals surface area (Å²) in [6.45, 7) is 84.3. The molecule has 0 aliphatic carbocycles. The van der Waals surface area contributed by atoms with Gasteiger partial charge in [-0.2, -0.15) is 0 Å². The first-order chi connectivity index (χ1) is 34.5. The zero-order valence-corrected chi connectivity index (χ0v) is 64.4. The van der Waals surface area contributed by atoms with E-state index in [0.29, 0.717) is 13.2 Å². The number of ether oxygens (including phenoxy) is 2. The quantitative estimate of drug-likeness (QED) is 0.0567. The third-order valence-corrected chi connectivity index (χ3v) is 40.0. The molecule has 0 aromatic rings. The average Bonchev–Trinajstić information content (AvgIpc) is 3.20. The summed E-state index contributed by atoms with van der Waals surface area (Å²) in [4.78, 5) is 24.3. The zero-order valence-electron chi connectivity index (χ0n) is 57.8. The maximum atomic E-state index is 12.7. The van der Waals surface area contributed by atoms with E-state index in [2.05, 4.69) is 204 Å². The van der Waals surface area contributed by atoms with E-state index in [4.69, 9.17) is 31.6 Å². The highest BCUT2D eigenvalue weighted by Gasteiger charge is 2.46. The van der Waals surface area contributed by atoms with Gasteiger partial charge in [-0.25, -0.2) is 18.5 Å². The molecule has 0 bridgehead atoms. The summed E-state index contributed by atoms with van der Waals surface area (Å²) >= 11 is 0. The highest BCUT2D eigenvalue weighted by molar-refractivity contribution is 7.84. The van der Waals surface area contributed by atoms with Crippen molar-refractivity contribution in [2.24, 2.45) is 0 Å². The van der Waals surface area contributed by atoms with Gasteiger partial charge in [-0.15, -0.1) is 32.1 Å². The van der Waals surface area contributed by atoms with Gasteiger partial charge in [0.1, 0.15) is 11.2 Å². The van der Waals surface area contributed by atoms with Gasteiger partial charge in [0.2, 0.25) is 0 Å². The first-order valence-electron chi connectivity index (χ1n) is 28.5. The fourth-order valence-corrected chi connectivity index (χ4v) is 12.3. The molecule has 0 radical (unpaired) electrons. The number of carbonyl (C=O) groups excluding carboxylic acids is 2. The molecule has 7 atom stereocenters. The summed E-state index contributed by atoms with van der Waals surface area (Å²) in [5.41, 5.74) is -1.14. The molecule has 0 aromatic heterocycles. The van der Waals surface area contributed by atoms with Gasteiger partial charge in [-0.05, 0) is 153 Å². The van der Waals surface area contributed by atoms with Gasteiger partial charge in [-0.1, -0.05) is 130 Å². The molecule has 0 saturated heterocycles. The van der Waals surface area contributed by atoms with Crippen molar-refractivity contribution in [2.75, 3.05) is 19.8 Å². The molecule has 14 nitrogen and oxygen atoms in total. The number of alkyl carbamates (subject to hydrolysis) is 2. The van der Waals surface area contributed by atoms with Crippen LogP contribution in [-0.2, 0) is 42.6 Å². The van der Waals surface area contributed by atoms with E-state index in [-0.39, 0.29) is 74.6 Å². The Kier molecular flexibility index (Phi) is 36.6. The van der Waals surface area contributed by atoms with Crippen LogP contribution in [0.4, 0.5) is 9.59 Å². The lowest BCUT2D eigenvalue weighted by Crippen LogP contribution is -2.54. The van der Waals surface area contributed by atoms with Crippen LogP contribution in [0.25, 0.3) is 0 Å². The molecule has 2 amide bonds. The number of rotatable bonds is 23. The summed E-state index contributed by atoms with van der Waals surface area (Å²) < 4.78 is 58.9. The minimum Gasteiger partial charge on any atom is -0.444 e. The maximum Gasteiger partial charge on any atom is 0.408 e. The normalized spacial score (nSPS) is 16.3. The minimum atomic E-state index is -2.09. The number of hydrogen-bond donors (Lipinski definition) is 4. The molecule has 0 unspecified atom stereocenters. The molecule has 0 saturated carbocycles. The van der Waals surface area contributed by atoms with E-state index < -0.39 is 94.1 Å². The summed E-state index contributed by atoms with van der Waals surface area (Å²) in [5, 5.41) is 15.6. The molecule has 0 rings (SSSR count). The second-order valence-electron chi connectivity index (χ2n) is 31.7. The van der Waals surface area contributed by atoms with Crippen molar-refractivity contribution in [1.29, 1.82) is 0 Å². The summed E-state index contributed by atoms with van der Waals surface area (Å²) in [7, 11) is -11.3. The van der Waals surface area contributed by atoms with Crippen molar-refractivity contribution in [2.45, 2.75) is 317 Å². The van der Waals surface area contributed by atoms with Crippen molar-refractivity contribution in [3.8, 4) is 0 Å². The van der Waals surface area contributed by atoms with Crippen molar-refractivity contribution < 1.29 is 50.5 Å². The first kappa shape index (κ1) is 88.8. The molecule has 0 aliphatic rings. The monoisotopic (exact) mass is 1280 g/mol. The van der Waals surface area contributed by atoms with Gasteiger partial charge < -0.3 is 47.3 Å². The van der Waals surface area contributed by atoms with Crippen molar-refractivity contribution in [3.05, 3.63) is 38.0 Å². The zero-order chi connectivity index (χ0) is 64.0. The minimum absolute atomic E-state index is 0. The van der Waals surface area contributed by atoms with Crippen LogP contribution < -0.4 is 15.4 Å². The summed E-state index contributed by atoms with van der Waals surface area (Å²) in [6.07, 6.45) is 3.00. The average molecular weight is 1280 g/mol. The second-order valence-corrected chi connectivity index (χ2v) is 57.5. The van der Waals surface area contributed by atoms with Gasteiger partial charge in [0.05, 0.1) is 72.0 Å². The molecule has 0 aromatic carbocycles. The van der Waals surface area contributed by atoms with Gasteiger partial charge in [0.25, 0.3) is 0 Å². The Balaban J connectivity index is -0.000000356. The van der Waals surface area contributed by atoms with Crippen LogP contribution in [-0.4, -0.2) is 135 Å².